The topological polar surface area (TPSA) is 12.2 Å². The van der Waals surface area contributed by atoms with Gasteiger partial charge in [-0.15, -0.1) is 0 Å². The maximum Gasteiger partial charge on any atom is 0.673 e. The fraction of sp³-hybridized carbons (Fsp3) is 0.857. The molecule has 0 atom stereocenters. The number of halogens is 4. The smallest absolute Gasteiger partial charge is 0.418 e. The van der Waals surface area contributed by atoms with Crippen molar-refractivity contribution in [1.29, 1.82) is 0 Å². The molecule has 0 spiro atoms. The van der Waals surface area contributed by atoms with Gasteiger partial charge < -0.3 is 17.3 Å². The van der Waals surface area contributed by atoms with Crippen molar-refractivity contribution in [2.24, 2.45) is 0 Å². The maximum atomic E-state index is 9.75. The SMILES string of the molecule is CCC=[N+](CC)OCC.F[B-](F)(F)F. The zero-order valence-corrected chi connectivity index (χ0v) is 8.64. The Balaban J connectivity index is 0. The van der Waals surface area contributed by atoms with Crippen molar-refractivity contribution < 1.29 is 26.8 Å². The third kappa shape index (κ3) is 22.5. The Morgan fingerprint density at radius 2 is 1.57 bits per heavy atom. The molecule has 0 unspecified atom stereocenters. The van der Waals surface area contributed by atoms with Crippen molar-refractivity contribution in [3.05, 3.63) is 0 Å². The lowest BCUT2D eigenvalue weighted by Crippen LogP contribution is -2.12. The van der Waals surface area contributed by atoms with Crippen LogP contribution in [0.3, 0.4) is 0 Å². The van der Waals surface area contributed by atoms with E-state index in [0.717, 1.165) is 19.6 Å². The van der Waals surface area contributed by atoms with E-state index in [-0.39, 0.29) is 0 Å². The third-order valence-electron chi connectivity index (χ3n) is 0.993. The zero-order chi connectivity index (χ0) is 11.6. The van der Waals surface area contributed by atoms with E-state index in [1.54, 1.807) is 0 Å². The largest absolute Gasteiger partial charge is 0.673 e. The highest BCUT2D eigenvalue weighted by molar-refractivity contribution is 6.50. The Kier molecular flexibility index (Phi) is 9.92. The molecule has 0 bridgehead atoms. The molecule has 0 saturated carbocycles. The van der Waals surface area contributed by atoms with Gasteiger partial charge in [0.05, 0.1) is 0 Å². The first kappa shape index (κ1) is 15.7. The molecule has 0 N–H and O–H groups in total. The minimum Gasteiger partial charge on any atom is -0.418 e. The number of nitrogens with zero attached hydrogens (tertiary/aromatic N) is 1. The molecule has 0 fully saturated rings. The molecule has 0 radical (unpaired) electrons. The second-order valence-electron chi connectivity index (χ2n) is 2.24. The van der Waals surface area contributed by atoms with Crippen LogP contribution in [0, 0.1) is 0 Å². The van der Waals surface area contributed by atoms with Crippen LogP contribution in [-0.2, 0) is 4.84 Å². The zero-order valence-electron chi connectivity index (χ0n) is 8.64. The summed E-state index contributed by atoms with van der Waals surface area (Å²) in [7, 11) is -6.00. The van der Waals surface area contributed by atoms with Crippen molar-refractivity contribution in [1.82, 2.24) is 0 Å². The van der Waals surface area contributed by atoms with Gasteiger partial charge in [0.1, 0.15) is 0 Å². The first-order valence-electron chi connectivity index (χ1n) is 4.45. The Bertz CT molecular complexity index is 154. The van der Waals surface area contributed by atoms with Gasteiger partial charge in [-0.2, -0.15) is 0 Å². The van der Waals surface area contributed by atoms with E-state index in [4.69, 9.17) is 4.84 Å². The summed E-state index contributed by atoms with van der Waals surface area (Å²) in [6.45, 7) is 7.85. The van der Waals surface area contributed by atoms with E-state index in [1.165, 1.54) is 0 Å². The highest BCUT2D eigenvalue weighted by Crippen LogP contribution is 2.06. The molecule has 14 heavy (non-hydrogen) atoms. The molecule has 0 saturated heterocycles. The van der Waals surface area contributed by atoms with Crippen molar-refractivity contribution in [2.75, 3.05) is 13.2 Å². The lowest BCUT2D eigenvalue weighted by atomic mass is 10.3. The summed E-state index contributed by atoms with van der Waals surface area (Å²) in [5.74, 6) is 0. The average molecular weight is 217 g/mol. The molecule has 0 rings (SSSR count). The Hall–Kier alpha value is -0.745. The van der Waals surface area contributed by atoms with E-state index >= 15 is 0 Å². The summed E-state index contributed by atoms with van der Waals surface area (Å²) < 4.78 is 40.9. The predicted molar refractivity (Wildman–Crippen MR) is 49.0 cm³/mol. The van der Waals surface area contributed by atoms with Gasteiger partial charge in [-0.05, 0) is 18.6 Å². The quantitative estimate of drug-likeness (QED) is 0.232. The fourth-order valence-corrected chi connectivity index (χ4v) is 0.643. The highest BCUT2D eigenvalue weighted by Gasteiger charge is 2.20. The second kappa shape index (κ2) is 8.84. The van der Waals surface area contributed by atoms with Crippen LogP contribution in [0.5, 0.6) is 0 Å². The van der Waals surface area contributed by atoms with Gasteiger partial charge in [0.2, 0.25) is 0 Å². The van der Waals surface area contributed by atoms with E-state index in [0.29, 0.717) is 0 Å². The standard InChI is InChI=1S/C7H16NO.BF4/c1-4-7-8(5-2)9-6-3;2-1(3,4)5/h7H,4-6H2,1-3H3;/q+1;-1. The van der Waals surface area contributed by atoms with E-state index in [1.807, 2.05) is 17.9 Å². The van der Waals surface area contributed by atoms with Crippen LogP contribution in [0.25, 0.3) is 0 Å². The first-order valence-corrected chi connectivity index (χ1v) is 4.45. The van der Waals surface area contributed by atoms with Gasteiger partial charge in [0.25, 0.3) is 0 Å². The van der Waals surface area contributed by atoms with E-state index in [9.17, 15) is 17.3 Å². The van der Waals surface area contributed by atoms with Gasteiger partial charge in [-0.3, -0.25) is 4.84 Å². The highest BCUT2D eigenvalue weighted by atomic mass is 19.5. The number of rotatable bonds is 4. The molecule has 2 nitrogen and oxygen atoms in total. The van der Waals surface area contributed by atoms with E-state index < -0.39 is 7.25 Å². The van der Waals surface area contributed by atoms with Crippen LogP contribution in [0.1, 0.15) is 27.2 Å². The normalized spacial score (nSPS) is 11.8. The lowest BCUT2D eigenvalue weighted by Gasteiger charge is -1.95. The number of hydroxylamine groups is 1. The molecule has 0 aliphatic rings. The van der Waals surface area contributed by atoms with Crippen LogP contribution >= 0.6 is 0 Å². The van der Waals surface area contributed by atoms with Crippen LogP contribution < -0.4 is 0 Å². The summed E-state index contributed by atoms with van der Waals surface area (Å²) in [4.78, 5) is 5.21. The van der Waals surface area contributed by atoms with Crippen molar-refractivity contribution in [3.8, 4) is 0 Å². The van der Waals surface area contributed by atoms with Crippen molar-refractivity contribution in [3.63, 3.8) is 0 Å². The second-order valence-corrected chi connectivity index (χ2v) is 2.24. The lowest BCUT2D eigenvalue weighted by molar-refractivity contribution is -0.782. The minimum atomic E-state index is -6.00. The molecule has 0 aromatic rings. The Morgan fingerprint density at radius 1 is 1.14 bits per heavy atom. The molecule has 0 amide bonds. The van der Waals surface area contributed by atoms with Crippen molar-refractivity contribution >= 4 is 13.5 Å². The summed E-state index contributed by atoms with van der Waals surface area (Å²) in [5, 5.41) is 0. The first-order chi connectivity index (χ1) is 6.35. The van der Waals surface area contributed by atoms with Gasteiger partial charge in [0.15, 0.2) is 19.4 Å². The molecule has 0 aliphatic heterocycles. The summed E-state index contributed by atoms with van der Waals surface area (Å²) in [6, 6.07) is 0. The molecular weight excluding hydrogens is 201 g/mol. The molecule has 0 aliphatic carbocycles. The molecule has 0 aromatic heterocycles. The summed E-state index contributed by atoms with van der Waals surface area (Å²) in [5.41, 5.74) is 0. The van der Waals surface area contributed by atoms with Gasteiger partial charge in [0, 0.05) is 6.42 Å². The molecule has 7 heteroatoms. The monoisotopic (exact) mass is 217 g/mol. The predicted octanol–water partition coefficient (Wildman–Crippen LogP) is 2.75. The van der Waals surface area contributed by atoms with Crippen LogP contribution in [-0.4, -0.2) is 31.4 Å². The average Bonchev–Trinajstić information content (AvgIpc) is 2.01. The minimum absolute atomic E-state index is 0.754. The number of hydrogen-bond acceptors (Lipinski definition) is 1. The Labute approximate surface area is 81.6 Å². The Morgan fingerprint density at radius 3 is 1.79 bits per heavy atom. The fourth-order valence-electron chi connectivity index (χ4n) is 0.643. The van der Waals surface area contributed by atoms with E-state index in [2.05, 4.69) is 13.8 Å². The molecule has 0 aromatic carbocycles. The summed E-state index contributed by atoms with van der Waals surface area (Å²) >= 11 is 0. The van der Waals surface area contributed by atoms with Crippen LogP contribution in [0.4, 0.5) is 17.3 Å². The number of hydrogen-bond donors (Lipinski definition) is 0. The molecule has 86 valence electrons. The molecular formula is C7H16BF4NO. The summed E-state index contributed by atoms with van der Waals surface area (Å²) in [6.07, 6.45) is 3.08. The van der Waals surface area contributed by atoms with Gasteiger partial charge >= 0.3 is 7.25 Å². The van der Waals surface area contributed by atoms with Crippen molar-refractivity contribution in [2.45, 2.75) is 27.2 Å². The van der Waals surface area contributed by atoms with Crippen LogP contribution in [0.2, 0.25) is 0 Å². The van der Waals surface area contributed by atoms with Gasteiger partial charge in [-0.1, -0.05) is 6.92 Å². The molecule has 0 heterocycles. The third-order valence-corrected chi connectivity index (χ3v) is 0.993. The van der Waals surface area contributed by atoms with Crippen LogP contribution in [0.15, 0.2) is 0 Å². The maximum absolute atomic E-state index is 9.75. The van der Waals surface area contributed by atoms with Gasteiger partial charge in [-0.25, -0.2) is 0 Å².